The van der Waals surface area contributed by atoms with E-state index in [2.05, 4.69) is 10.6 Å². The first-order valence-corrected chi connectivity index (χ1v) is 19.8. The Hall–Kier alpha value is -3.67. The Morgan fingerprint density at radius 2 is 1.79 bits per heavy atom. The maximum atomic E-state index is 14.4. The van der Waals surface area contributed by atoms with Gasteiger partial charge in [-0.2, -0.15) is 4.31 Å². The van der Waals surface area contributed by atoms with Crippen LogP contribution in [0.2, 0.25) is 0 Å². The molecule has 3 fully saturated rings. The summed E-state index contributed by atoms with van der Waals surface area (Å²) in [6, 6.07) is 12.9. The second-order valence-corrected chi connectivity index (χ2v) is 16.7. The molecule has 0 radical (unpaired) electrons. The number of aliphatic hydroxyl groups is 1. The lowest BCUT2D eigenvalue weighted by Crippen LogP contribution is -2.52. The Labute approximate surface area is 310 Å². The van der Waals surface area contributed by atoms with Crippen LogP contribution in [0.15, 0.2) is 53.4 Å². The number of fused-ring (bicyclic) bond motifs is 2. The number of ether oxygens (including phenoxy) is 7. The van der Waals surface area contributed by atoms with Crippen LogP contribution in [0.25, 0.3) is 0 Å². The summed E-state index contributed by atoms with van der Waals surface area (Å²) < 4.78 is 68.5. The number of benzene rings is 2. The third kappa shape index (κ3) is 10.5. The molecule has 2 aromatic carbocycles. The van der Waals surface area contributed by atoms with Crippen molar-refractivity contribution >= 4 is 22.2 Å². The number of amides is 2. The van der Waals surface area contributed by atoms with Gasteiger partial charge in [0.1, 0.15) is 12.2 Å². The van der Waals surface area contributed by atoms with Gasteiger partial charge in [-0.3, -0.25) is 0 Å². The summed E-state index contributed by atoms with van der Waals surface area (Å²) in [5, 5.41) is 17.4. The van der Waals surface area contributed by atoms with Crippen molar-refractivity contribution in [3.63, 3.8) is 0 Å². The Morgan fingerprint density at radius 1 is 0.981 bits per heavy atom. The van der Waals surface area contributed by atoms with Gasteiger partial charge in [0.05, 0.1) is 49.4 Å². The molecule has 4 heterocycles. The Morgan fingerprint density at radius 3 is 2.58 bits per heavy atom. The highest BCUT2D eigenvalue weighted by molar-refractivity contribution is 7.89. The molecule has 3 saturated heterocycles. The number of alkyl carbamates (subject to hydrolysis) is 2. The van der Waals surface area contributed by atoms with Crippen LogP contribution in [-0.2, 0) is 40.1 Å². The Balaban J connectivity index is 1.14. The second kappa shape index (κ2) is 17.6. The SMILES string of the molecule is CC(C)(CCCCNC(=O)O[C@@H]1CCOC1)CN(C[C@@H](O)[C@H](Cc1ccccc1)NC(=O)O[C@H]1CO[C@H]2OCC[C@H]21)S(=O)(=O)c1ccc2c(c1)OCO2. The summed E-state index contributed by atoms with van der Waals surface area (Å²) in [4.78, 5) is 25.4. The maximum Gasteiger partial charge on any atom is 0.407 e. The molecule has 0 saturated carbocycles. The number of hydrogen-bond donors (Lipinski definition) is 3. The van der Waals surface area contributed by atoms with Crippen molar-refractivity contribution in [2.45, 2.75) is 87.9 Å². The van der Waals surface area contributed by atoms with Gasteiger partial charge >= 0.3 is 12.2 Å². The predicted octanol–water partition coefficient (Wildman–Crippen LogP) is 3.58. The van der Waals surface area contributed by atoms with E-state index < -0.39 is 52.2 Å². The van der Waals surface area contributed by atoms with Crippen molar-refractivity contribution in [2.75, 3.05) is 52.9 Å². The van der Waals surface area contributed by atoms with Crippen LogP contribution >= 0.6 is 0 Å². The van der Waals surface area contributed by atoms with Crippen molar-refractivity contribution in [1.29, 1.82) is 0 Å². The zero-order valence-corrected chi connectivity index (χ0v) is 31.1. The number of unbranched alkanes of at least 4 members (excludes halogenated alkanes) is 1. The lowest BCUT2D eigenvalue weighted by molar-refractivity contribution is -0.0907. The highest BCUT2D eigenvalue weighted by Crippen LogP contribution is 2.36. The standard InChI is InChI=1S/C37H51N3O12S/c1-37(2,14-6-7-15-38-35(42)51-26-12-16-46-21-26)23-40(53(44,45)27-10-11-31-32(19-27)50-24-49-31)20-30(41)29(18-25-8-4-3-5-9-25)39-36(43)52-33-22-48-34-28(33)13-17-47-34/h3-5,8-11,19,26,28-30,33-34,41H,6-7,12-18,20-24H2,1-2H3,(H,38,42)(H,39,43)/t26-,28+,29+,30-,33+,34-/m1/s1. The third-order valence-corrected chi connectivity index (χ3v) is 11.8. The number of carbonyl (C=O) groups is 2. The van der Waals surface area contributed by atoms with Gasteiger partial charge in [-0.25, -0.2) is 18.0 Å². The maximum absolute atomic E-state index is 14.4. The molecule has 3 N–H and O–H groups in total. The van der Waals surface area contributed by atoms with Crippen molar-refractivity contribution in [3.8, 4) is 11.5 Å². The summed E-state index contributed by atoms with van der Waals surface area (Å²) in [6.07, 6.45) is -0.0836. The van der Waals surface area contributed by atoms with E-state index in [1.54, 1.807) is 6.07 Å². The molecule has 6 atom stereocenters. The highest BCUT2D eigenvalue weighted by atomic mass is 32.2. The van der Waals surface area contributed by atoms with E-state index in [0.717, 1.165) is 5.56 Å². The predicted molar refractivity (Wildman–Crippen MR) is 190 cm³/mol. The molecule has 0 aliphatic carbocycles. The molecule has 0 spiro atoms. The van der Waals surface area contributed by atoms with Gasteiger partial charge in [0, 0.05) is 32.1 Å². The monoisotopic (exact) mass is 761 g/mol. The van der Waals surface area contributed by atoms with Crippen LogP contribution in [0.5, 0.6) is 11.5 Å². The summed E-state index contributed by atoms with van der Waals surface area (Å²) in [5.74, 6) is 0.688. The van der Waals surface area contributed by atoms with E-state index in [0.29, 0.717) is 70.0 Å². The van der Waals surface area contributed by atoms with Crippen molar-refractivity contribution in [3.05, 3.63) is 54.1 Å². The minimum absolute atomic E-state index is 0.0123. The average molecular weight is 762 g/mol. The molecule has 0 unspecified atom stereocenters. The van der Waals surface area contributed by atoms with Crippen molar-refractivity contribution < 1.29 is 56.3 Å². The molecule has 2 amide bonds. The van der Waals surface area contributed by atoms with Gasteiger partial charge in [0.25, 0.3) is 0 Å². The van der Waals surface area contributed by atoms with Crippen molar-refractivity contribution in [1.82, 2.24) is 14.9 Å². The van der Waals surface area contributed by atoms with Crippen LogP contribution < -0.4 is 20.1 Å². The Bertz CT molecular complexity index is 1640. The number of nitrogens with one attached hydrogen (secondary N) is 2. The smallest absolute Gasteiger partial charge is 0.407 e. The normalized spacial score (nSPS) is 23.4. The van der Waals surface area contributed by atoms with Gasteiger partial charge in [0.15, 0.2) is 17.8 Å². The molecule has 6 rings (SSSR count). The van der Waals surface area contributed by atoms with Gasteiger partial charge < -0.3 is 48.9 Å². The van der Waals surface area contributed by atoms with Crippen LogP contribution in [0, 0.1) is 11.3 Å². The molecule has 0 bridgehead atoms. The fourth-order valence-corrected chi connectivity index (χ4v) is 8.73. The molecule has 2 aromatic rings. The number of hydrogen-bond acceptors (Lipinski definition) is 12. The van der Waals surface area contributed by atoms with E-state index in [1.807, 2.05) is 44.2 Å². The summed E-state index contributed by atoms with van der Waals surface area (Å²) in [5.41, 5.74) is 0.291. The zero-order valence-electron chi connectivity index (χ0n) is 30.3. The summed E-state index contributed by atoms with van der Waals surface area (Å²) >= 11 is 0. The van der Waals surface area contributed by atoms with Crippen LogP contribution in [-0.4, -0.2) is 114 Å². The number of aliphatic hydroxyl groups excluding tert-OH is 1. The molecular formula is C37H51N3O12S. The average Bonchev–Trinajstić information content (AvgIpc) is 3.95. The summed E-state index contributed by atoms with van der Waals surface area (Å²) in [6.45, 7) is 5.78. The van der Waals surface area contributed by atoms with E-state index in [1.165, 1.54) is 16.4 Å². The molecular weight excluding hydrogens is 710 g/mol. The van der Waals surface area contributed by atoms with E-state index in [9.17, 15) is 23.1 Å². The number of nitrogens with zero attached hydrogens (tertiary/aromatic N) is 1. The first-order chi connectivity index (χ1) is 25.5. The van der Waals surface area contributed by atoms with Crippen LogP contribution in [0.3, 0.4) is 0 Å². The number of carbonyl (C=O) groups excluding carboxylic acids is 2. The van der Waals surface area contributed by atoms with Crippen LogP contribution in [0.4, 0.5) is 9.59 Å². The van der Waals surface area contributed by atoms with Crippen LogP contribution in [0.1, 0.15) is 51.5 Å². The second-order valence-electron chi connectivity index (χ2n) is 14.7. The fourth-order valence-electron chi connectivity index (χ4n) is 7.07. The number of rotatable bonds is 17. The van der Waals surface area contributed by atoms with E-state index in [4.69, 9.17) is 33.2 Å². The zero-order chi connectivity index (χ0) is 37.4. The molecule has 0 aromatic heterocycles. The fraction of sp³-hybridized carbons (Fsp3) is 0.622. The number of sulfonamides is 1. The van der Waals surface area contributed by atoms with Crippen molar-refractivity contribution in [2.24, 2.45) is 11.3 Å². The van der Waals surface area contributed by atoms with Gasteiger partial charge in [-0.05, 0) is 48.8 Å². The lowest BCUT2D eigenvalue weighted by atomic mass is 9.87. The van der Waals surface area contributed by atoms with Gasteiger partial charge in [-0.1, -0.05) is 50.6 Å². The molecule has 16 heteroatoms. The van der Waals surface area contributed by atoms with Gasteiger partial charge in [0.2, 0.25) is 16.8 Å². The minimum Gasteiger partial charge on any atom is -0.454 e. The topological polar surface area (TPSA) is 180 Å². The largest absolute Gasteiger partial charge is 0.454 e. The Kier molecular flexibility index (Phi) is 13.0. The molecule has 15 nitrogen and oxygen atoms in total. The van der Waals surface area contributed by atoms with E-state index >= 15 is 0 Å². The lowest BCUT2D eigenvalue weighted by Gasteiger charge is -2.35. The first kappa shape index (κ1) is 39.0. The molecule has 292 valence electrons. The van der Waals surface area contributed by atoms with E-state index in [-0.39, 0.29) is 49.8 Å². The first-order valence-electron chi connectivity index (χ1n) is 18.3. The molecule has 53 heavy (non-hydrogen) atoms. The third-order valence-electron chi connectivity index (χ3n) is 10.00. The van der Waals surface area contributed by atoms with Gasteiger partial charge in [-0.15, -0.1) is 0 Å². The molecule has 4 aliphatic rings. The minimum atomic E-state index is -4.19. The quantitative estimate of drug-likeness (QED) is 0.200. The summed E-state index contributed by atoms with van der Waals surface area (Å²) in [7, 11) is -4.19. The highest BCUT2D eigenvalue weighted by Gasteiger charge is 2.44. The molecule has 4 aliphatic heterocycles.